The van der Waals surface area contributed by atoms with Crippen molar-refractivity contribution in [1.29, 1.82) is 0 Å². The third-order valence-corrected chi connectivity index (χ3v) is 5.59. The van der Waals surface area contributed by atoms with E-state index in [1.807, 2.05) is 0 Å². The first kappa shape index (κ1) is 13.5. The van der Waals surface area contributed by atoms with E-state index in [0.29, 0.717) is 30.2 Å². The second kappa shape index (κ2) is 4.99. The summed E-state index contributed by atoms with van der Waals surface area (Å²) >= 11 is 0. The Morgan fingerprint density at radius 2 is 2.28 bits per heavy atom. The Labute approximate surface area is 108 Å². The van der Waals surface area contributed by atoms with E-state index in [-0.39, 0.29) is 5.92 Å². The van der Waals surface area contributed by atoms with Gasteiger partial charge >= 0.3 is 0 Å². The number of nitrogens with zero attached hydrogens (tertiary/aromatic N) is 3. The highest BCUT2D eigenvalue weighted by molar-refractivity contribution is 7.89. The van der Waals surface area contributed by atoms with Crippen LogP contribution in [0.5, 0.6) is 0 Å². The molecule has 7 heteroatoms. The van der Waals surface area contributed by atoms with Gasteiger partial charge in [0.15, 0.2) is 0 Å². The molecule has 0 bridgehead atoms. The summed E-state index contributed by atoms with van der Waals surface area (Å²) in [5.74, 6) is 0.269. The van der Waals surface area contributed by atoms with Crippen molar-refractivity contribution in [3.05, 3.63) is 11.9 Å². The summed E-state index contributed by atoms with van der Waals surface area (Å²) in [6, 6.07) is 0. The van der Waals surface area contributed by atoms with E-state index >= 15 is 0 Å². The largest absolute Gasteiger partial charge is 0.330 e. The molecule has 2 N–H and O–H groups in total. The summed E-state index contributed by atoms with van der Waals surface area (Å²) in [5, 5.41) is 4.00. The molecule has 1 atom stereocenters. The van der Waals surface area contributed by atoms with Crippen molar-refractivity contribution in [3.63, 3.8) is 0 Å². The fourth-order valence-electron chi connectivity index (χ4n) is 2.31. The Morgan fingerprint density at radius 1 is 1.56 bits per heavy atom. The predicted molar refractivity (Wildman–Crippen MR) is 68.5 cm³/mol. The molecule has 0 saturated carbocycles. The van der Waals surface area contributed by atoms with Gasteiger partial charge in [-0.3, -0.25) is 4.68 Å². The van der Waals surface area contributed by atoms with Crippen LogP contribution in [0.4, 0.5) is 0 Å². The Kier molecular flexibility index (Phi) is 3.74. The van der Waals surface area contributed by atoms with Crippen LogP contribution in [-0.2, 0) is 17.1 Å². The molecule has 0 spiro atoms. The van der Waals surface area contributed by atoms with Crippen LogP contribution in [0.25, 0.3) is 0 Å². The molecule has 2 rings (SSSR count). The van der Waals surface area contributed by atoms with E-state index < -0.39 is 10.0 Å². The number of nitrogens with two attached hydrogens (primary N) is 1. The molecule has 0 aliphatic carbocycles. The number of aryl methyl sites for hydroxylation is 1. The lowest BCUT2D eigenvalue weighted by Crippen LogP contribution is -2.42. The van der Waals surface area contributed by atoms with E-state index in [1.165, 1.54) is 10.5 Å². The van der Waals surface area contributed by atoms with Crippen LogP contribution in [0, 0.1) is 12.8 Å². The normalized spacial score (nSPS) is 22.3. The molecule has 1 aliphatic heterocycles. The molecule has 1 aromatic heterocycles. The van der Waals surface area contributed by atoms with E-state index in [2.05, 4.69) is 5.10 Å². The summed E-state index contributed by atoms with van der Waals surface area (Å²) < 4.78 is 28.1. The van der Waals surface area contributed by atoms with E-state index in [0.717, 1.165) is 12.8 Å². The predicted octanol–water partition coefficient (Wildman–Crippen LogP) is 0.0879. The van der Waals surface area contributed by atoms with Crippen molar-refractivity contribution < 1.29 is 8.42 Å². The zero-order valence-electron chi connectivity index (χ0n) is 10.8. The number of rotatable bonds is 3. The number of hydrogen-bond acceptors (Lipinski definition) is 4. The number of aromatic nitrogens is 2. The highest BCUT2D eigenvalue weighted by Gasteiger charge is 2.31. The van der Waals surface area contributed by atoms with E-state index in [1.54, 1.807) is 18.7 Å². The van der Waals surface area contributed by atoms with E-state index in [9.17, 15) is 8.42 Å². The summed E-state index contributed by atoms with van der Waals surface area (Å²) in [4.78, 5) is 0.308. The van der Waals surface area contributed by atoms with Crippen molar-refractivity contribution in [2.24, 2.45) is 18.7 Å². The molecule has 1 aromatic rings. The first-order valence-electron chi connectivity index (χ1n) is 6.15. The van der Waals surface area contributed by atoms with Gasteiger partial charge in [0.2, 0.25) is 10.0 Å². The summed E-state index contributed by atoms with van der Waals surface area (Å²) in [5.41, 5.74) is 6.31. The van der Waals surface area contributed by atoms with Crippen LogP contribution in [-0.4, -0.2) is 42.1 Å². The van der Waals surface area contributed by atoms with Crippen molar-refractivity contribution in [2.75, 3.05) is 19.6 Å². The lowest BCUT2D eigenvalue weighted by Gasteiger charge is -2.31. The second-order valence-corrected chi connectivity index (χ2v) is 6.73. The van der Waals surface area contributed by atoms with Crippen LogP contribution in [0.15, 0.2) is 11.1 Å². The van der Waals surface area contributed by atoms with Gasteiger partial charge in [0.25, 0.3) is 0 Å². The number of piperidine rings is 1. The van der Waals surface area contributed by atoms with E-state index in [4.69, 9.17) is 5.73 Å². The minimum atomic E-state index is -3.42. The number of sulfonamides is 1. The van der Waals surface area contributed by atoms with Gasteiger partial charge in [-0.1, -0.05) is 0 Å². The Bertz CT molecular complexity index is 523. The fraction of sp³-hybridized carbons (Fsp3) is 0.727. The highest BCUT2D eigenvalue weighted by atomic mass is 32.2. The third kappa shape index (κ3) is 2.30. The van der Waals surface area contributed by atoms with Gasteiger partial charge in [0.05, 0.1) is 11.9 Å². The Hall–Kier alpha value is -0.920. The maximum atomic E-state index is 12.5. The summed E-state index contributed by atoms with van der Waals surface area (Å²) in [6.07, 6.45) is 3.31. The van der Waals surface area contributed by atoms with Crippen molar-refractivity contribution in [3.8, 4) is 0 Å². The molecule has 6 nitrogen and oxygen atoms in total. The minimum Gasteiger partial charge on any atom is -0.330 e. The first-order valence-corrected chi connectivity index (χ1v) is 7.59. The average Bonchev–Trinajstić information content (AvgIpc) is 2.70. The Morgan fingerprint density at radius 3 is 2.83 bits per heavy atom. The summed E-state index contributed by atoms with van der Waals surface area (Å²) in [6.45, 7) is 3.41. The van der Waals surface area contributed by atoms with Gasteiger partial charge in [-0.15, -0.1) is 0 Å². The molecule has 0 amide bonds. The molecule has 102 valence electrons. The van der Waals surface area contributed by atoms with Crippen LogP contribution in [0.1, 0.15) is 18.5 Å². The maximum Gasteiger partial charge on any atom is 0.246 e. The smallest absolute Gasteiger partial charge is 0.246 e. The SMILES string of the molecule is Cc1c(S(=O)(=O)N2CCCC(CN)C2)cnn1C. The zero-order valence-corrected chi connectivity index (χ0v) is 11.7. The third-order valence-electron chi connectivity index (χ3n) is 3.62. The second-order valence-electron chi connectivity index (χ2n) is 4.82. The lowest BCUT2D eigenvalue weighted by atomic mass is 10.0. The van der Waals surface area contributed by atoms with Crippen LogP contribution >= 0.6 is 0 Å². The van der Waals surface area contributed by atoms with Crippen LogP contribution in [0.3, 0.4) is 0 Å². The molecule has 18 heavy (non-hydrogen) atoms. The monoisotopic (exact) mass is 272 g/mol. The lowest BCUT2D eigenvalue weighted by molar-refractivity contribution is 0.271. The summed E-state index contributed by atoms with van der Waals surface area (Å²) in [7, 11) is -1.68. The Balaban J connectivity index is 2.28. The molecule has 1 saturated heterocycles. The highest BCUT2D eigenvalue weighted by Crippen LogP contribution is 2.24. The molecule has 0 aromatic carbocycles. The van der Waals surface area contributed by atoms with Gasteiger partial charge in [-0.25, -0.2) is 8.42 Å². The van der Waals surface area contributed by atoms with Gasteiger partial charge in [-0.05, 0) is 32.2 Å². The zero-order chi connectivity index (χ0) is 13.3. The molecule has 1 aliphatic rings. The number of hydrogen-bond donors (Lipinski definition) is 1. The van der Waals surface area contributed by atoms with Crippen molar-refractivity contribution in [2.45, 2.75) is 24.7 Å². The molecule has 1 unspecified atom stereocenters. The fourth-order valence-corrected chi connectivity index (χ4v) is 4.05. The van der Waals surface area contributed by atoms with Gasteiger partial charge in [0, 0.05) is 20.1 Å². The molecular weight excluding hydrogens is 252 g/mol. The molecule has 2 heterocycles. The standard InChI is InChI=1S/C11H20N4O2S/c1-9-11(7-13-14(9)2)18(16,17)15-5-3-4-10(6-12)8-15/h7,10H,3-6,8,12H2,1-2H3. The molecular formula is C11H20N4O2S. The quantitative estimate of drug-likeness (QED) is 0.845. The first-order chi connectivity index (χ1) is 8.46. The van der Waals surface area contributed by atoms with Gasteiger partial charge in [-0.2, -0.15) is 9.40 Å². The van der Waals surface area contributed by atoms with Gasteiger partial charge in [0.1, 0.15) is 4.90 Å². The topological polar surface area (TPSA) is 81.2 Å². The maximum absolute atomic E-state index is 12.5. The molecule has 0 radical (unpaired) electrons. The average molecular weight is 272 g/mol. The van der Waals surface area contributed by atoms with Crippen molar-refractivity contribution >= 4 is 10.0 Å². The minimum absolute atomic E-state index is 0.269. The van der Waals surface area contributed by atoms with Crippen molar-refractivity contribution in [1.82, 2.24) is 14.1 Å². The van der Waals surface area contributed by atoms with Crippen LogP contribution in [0.2, 0.25) is 0 Å². The molecule has 1 fully saturated rings. The van der Waals surface area contributed by atoms with Crippen LogP contribution < -0.4 is 5.73 Å². The van der Waals surface area contributed by atoms with Gasteiger partial charge < -0.3 is 5.73 Å².